The molecular weight excluding hydrogens is 404 g/mol. The van der Waals surface area contributed by atoms with Gasteiger partial charge in [0.2, 0.25) is 20.0 Å². The fourth-order valence-electron chi connectivity index (χ4n) is 3.04. The topological polar surface area (TPSA) is 147 Å². The van der Waals surface area contributed by atoms with Crippen LogP contribution in [0.5, 0.6) is 5.75 Å². The standard InChI is InChI=1S/C18H22N2O6S2/c1-18(2,3)16-14(28(20,24)25)9-12(10-21)17(26-4)15(16)11-6-5-7-13(8-11)27(19,22)23/h5-10H,1-4H3,(H2,19,22,23)(H2,20,24,25). The van der Waals surface area contributed by atoms with Crippen molar-refractivity contribution >= 4 is 26.3 Å². The molecule has 152 valence electrons. The Morgan fingerprint density at radius 3 is 2.04 bits per heavy atom. The third-order valence-corrected chi connectivity index (χ3v) is 5.96. The molecule has 0 unspecified atom stereocenters. The molecule has 8 nitrogen and oxygen atoms in total. The molecule has 0 saturated carbocycles. The van der Waals surface area contributed by atoms with Gasteiger partial charge in [-0.3, -0.25) is 4.79 Å². The molecule has 0 spiro atoms. The van der Waals surface area contributed by atoms with Crippen molar-refractivity contribution in [2.24, 2.45) is 10.3 Å². The van der Waals surface area contributed by atoms with E-state index in [1.54, 1.807) is 26.8 Å². The van der Waals surface area contributed by atoms with E-state index < -0.39 is 25.5 Å². The van der Waals surface area contributed by atoms with Gasteiger partial charge in [0.25, 0.3) is 0 Å². The van der Waals surface area contributed by atoms with Gasteiger partial charge in [-0.05, 0) is 34.7 Å². The minimum absolute atomic E-state index is 0.0319. The highest BCUT2D eigenvalue weighted by Crippen LogP contribution is 2.45. The molecule has 0 radical (unpaired) electrons. The molecule has 10 heteroatoms. The quantitative estimate of drug-likeness (QED) is 0.697. The van der Waals surface area contributed by atoms with Crippen molar-refractivity contribution in [1.29, 1.82) is 0 Å². The second-order valence-electron chi connectivity index (χ2n) is 7.23. The maximum Gasteiger partial charge on any atom is 0.238 e. The molecule has 0 aliphatic carbocycles. The third kappa shape index (κ3) is 4.25. The van der Waals surface area contributed by atoms with E-state index in [9.17, 15) is 21.6 Å². The lowest BCUT2D eigenvalue weighted by Gasteiger charge is -2.28. The lowest BCUT2D eigenvalue weighted by atomic mass is 9.80. The highest BCUT2D eigenvalue weighted by Gasteiger charge is 2.32. The summed E-state index contributed by atoms with van der Waals surface area (Å²) in [5.41, 5.74) is 0.0965. The Balaban J connectivity index is 3.15. The molecular formula is C18H22N2O6S2. The van der Waals surface area contributed by atoms with E-state index >= 15 is 0 Å². The molecule has 2 aromatic rings. The second kappa shape index (κ2) is 7.28. The number of primary sulfonamides is 2. The first kappa shape index (κ1) is 22.0. The van der Waals surface area contributed by atoms with Crippen LogP contribution in [0.4, 0.5) is 0 Å². The molecule has 0 bridgehead atoms. The molecule has 0 heterocycles. The molecule has 2 aromatic carbocycles. The number of rotatable bonds is 5. The Bertz CT molecular complexity index is 1150. The van der Waals surface area contributed by atoms with Crippen LogP contribution >= 0.6 is 0 Å². The van der Waals surface area contributed by atoms with Crippen molar-refractivity contribution in [1.82, 2.24) is 0 Å². The largest absolute Gasteiger partial charge is 0.495 e. The normalized spacial score (nSPS) is 12.6. The number of aldehydes is 1. The van der Waals surface area contributed by atoms with Gasteiger partial charge >= 0.3 is 0 Å². The summed E-state index contributed by atoms with van der Waals surface area (Å²) < 4.78 is 53.5. The minimum atomic E-state index is -4.20. The number of carbonyl (C=O) groups excluding carboxylic acids is 1. The molecule has 0 saturated heterocycles. The molecule has 2 rings (SSSR count). The maximum atomic E-state index is 12.3. The van der Waals surface area contributed by atoms with E-state index in [2.05, 4.69) is 0 Å². The van der Waals surface area contributed by atoms with Crippen LogP contribution in [0, 0.1) is 0 Å². The number of nitrogens with two attached hydrogens (primary N) is 2. The maximum absolute atomic E-state index is 12.3. The zero-order valence-electron chi connectivity index (χ0n) is 15.9. The Morgan fingerprint density at radius 1 is 1.00 bits per heavy atom. The monoisotopic (exact) mass is 426 g/mol. The predicted octanol–water partition coefficient (Wildman–Crippen LogP) is 1.77. The van der Waals surface area contributed by atoms with Crippen molar-refractivity contribution in [3.8, 4) is 16.9 Å². The number of methoxy groups -OCH3 is 1. The lowest BCUT2D eigenvalue weighted by Crippen LogP contribution is -2.23. The van der Waals surface area contributed by atoms with Crippen molar-refractivity contribution in [2.45, 2.75) is 36.0 Å². The summed E-state index contributed by atoms with van der Waals surface area (Å²) in [6.07, 6.45) is 0.451. The van der Waals surface area contributed by atoms with Gasteiger partial charge in [0.1, 0.15) is 5.75 Å². The molecule has 0 amide bonds. The van der Waals surface area contributed by atoms with Crippen LogP contribution in [0.2, 0.25) is 0 Å². The van der Waals surface area contributed by atoms with E-state index in [-0.39, 0.29) is 26.7 Å². The first-order valence-electron chi connectivity index (χ1n) is 8.08. The van der Waals surface area contributed by atoms with Crippen molar-refractivity contribution in [3.63, 3.8) is 0 Å². The molecule has 0 aliphatic heterocycles. The van der Waals surface area contributed by atoms with Gasteiger partial charge in [0, 0.05) is 5.56 Å². The summed E-state index contributed by atoms with van der Waals surface area (Å²) >= 11 is 0. The number of benzene rings is 2. The summed E-state index contributed by atoms with van der Waals surface area (Å²) in [5.74, 6) is 0.110. The first-order chi connectivity index (χ1) is 12.7. The van der Waals surface area contributed by atoms with Gasteiger partial charge in [-0.2, -0.15) is 0 Å². The van der Waals surface area contributed by atoms with Crippen LogP contribution in [-0.2, 0) is 25.5 Å². The number of carbonyl (C=O) groups is 1. The number of ether oxygens (including phenoxy) is 1. The summed E-state index contributed by atoms with van der Waals surface area (Å²) in [5, 5.41) is 10.6. The summed E-state index contributed by atoms with van der Waals surface area (Å²) in [7, 11) is -6.88. The van der Waals surface area contributed by atoms with Gasteiger partial charge in [0.05, 0.1) is 22.5 Å². The number of hydrogen-bond acceptors (Lipinski definition) is 6. The van der Waals surface area contributed by atoms with Crippen molar-refractivity contribution in [2.75, 3.05) is 7.11 Å². The minimum Gasteiger partial charge on any atom is -0.495 e. The van der Waals surface area contributed by atoms with Gasteiger partial charge in [-0.1, -0.05) is 32.9 Å². The fraction of sp³-hybridized carbons (Fsp3) is 0.278. The van der Waals surface area contributed by atoms with Gasteiger partial charge in [0.15, 0.2) is 6.29 Å². The Labute approximate surface area is 164 Å². The van der Waals surface area contributed by atoms with E-state index in [1.807, 2.05) is 0 Å². The van der Waals surface area contributed by atoms with E-state index in [0.29, 0.717) is 17.4 Å². The number of hydrogen-bond donors (Lipinski definition) is 2. The van der Waals surface area contributed by atoms with Gasteiger partial charge < -0.3 is 4.74 Å². The van der Waals surface area contributed by atoms with Gasteiger partial charge in [-0.15, -0.1) is 0 Å². The van der Waals surface area contributed by atoms with E-state index in [1.165, 1.54) is 25.3 Å². The van der Waals surface area contributed by atoms with Crippen LogP contribution < -0.4 is 15.0 Å². The predicted molar refractivity (Wildman–Crippen MR) is 105 cm³/mol. The van der Waals surface area contributed by atoms with E-state index in [4.69, 9.17) is 15.0 Å². The average Bonchev–Trinajstić information content (AvgIpc) is 2.57. The lowest BCUT2D eigenvalue weighted by molar-refractivity contribution is 0.112. The Kier molecular flexibility index (Phi) is 5.73. The molecule has 28 heavy (non-hydrogen) atoms. The van der Waals surface area contributed by atoms with Crippen LogP contribution in [0.15, 0.2) is 40.1 Å². The summed E-state index contributed by atoms with van der Waals surface area (Å²) in [6, 6.07) is 6.80. The Hall–Kier alpha value is -2.27. The third-order valence-electron chi connectivity index (χ3n) is 4.11. The zero-order valence-corrected chi connectivity index (χ0v) is 17.5. The average molecular weight is 427 g/mol. The molecule has 0 fully saturated rings. The highest BCUT2D eigenvalue weighted by molar-refractivity contribution is 7.89. The SMILES string of the molecule is COc1c(C=O)cc(S(N)(=O)=O)c(C(C)(C)C)c1-c1cccc(S(N)(=O)=O)c1. The fourth-order valence-corrected chi connectivity index (χ4v) is 4.58. The summed E-state index contributed by atoms with van der Waals surface area (Å²) in [4.78, 5) is 11.2. The smallest absolute Gasteiger partial charge is 0.238 e. The van der Waals surface area contributed by atoms with Crippen molar-refractivity contribution in [3.05, 3.63) is 41.5 Å². The summed E-state index contributed by atoms with van der Waals surface area (Å²) in [6.45, 7) is 5.30. The first-order valence-corrected chi connectivity index (χ1v) is 11.2. The Morgan fingerprint density at radius 2 is 1.61 bits per heavy atom. The van der Waals surface area contributed by atoms with Crippen LogP contribution in [-0.4, -0.2) is 30.2 Å². The van der Waals surface area contributed by atoms with Crippen LogP contribution in [0.1, 0.15) is 36.7 Å². The molecule has 0 aromatic heterocycles. The van der Waals surface area contributed by atoms with Gasteiger partial charge in [-0.25, -0.2) is 27.1 Å². The number of sulfonamides is 2. The zero-order chi connectivity index (χ0) is 21.5. The van der Waals surface area contributed by atoms with Crippen LogP contribution in [0.3, 0.4) is 0 Å². The molecule has 4 N–H and O–H groups in total. The molecule has 0 aliphatic rings. The van der Waals surface area contributed by atoms with Crippen molar-refractivity contribution < 1.29 is 26.4 Å². The van der Waals surface area contributed by atoms with Crippen LogP contribution in [0.25, 0.3) is 11.1 Å². The highest BCUT2D eigenvalue weighted by atomic mass is 32.2. The second-order valence-corrected chi connectivity index (χ2v) is 10.3. The van der Waals surface area contributed by atoms with E-state index in [0.717, 1.165) is 6.07 Å². The molecule has 0 atom stereocenters.